The molecular formula is C11H19N2OY2-. The molecule has 2 rings (SSSR count). The molecule has 0 spiro atoms. The third-order valence-corrected chi connectivity index (χ3v) is 3.45. The Balaban J connectivity index is 0.00000112. The van der Waals surface area contributed by atoms with E-state index in [4.69, 9.17) is 0 Å². The summed E-state index contributed by atoms with van der Waals surface area (Å²) in [4.78, 5) is 15.2. The Hall–Kier alpha value is 1.80. The fourth-order valence-electron chi connectivity index (χ4n) is 2.63. The van der Waals surface area contributed by atoms with Gasteiger partial charge in [0.2, 0.25) is 0 Å². The van der Waals surface area contributed by atoms with Crippen LogP contribution in [0.15, 0.2) is 0 Å². The number of nitrogens with zero attached hydrogens (tertiary/aromatic N) is 2. The van der Waals surface area contributed by atoms with Crippen molar-refractivity contribution in [3.05, 3.63) is 0 Å². The van der Waals surface area contributed by atoms with Crippen LogP contribution in [0.3, 0.4) is 0 Å². The SMILES string of the molecule is O=[C-]CCN1CCN2CCCCC2C1.[Y].[Y]. The summed E-state index contributed by atoms with van der Waals surface area (Å²) in [7, 11) is 0. The van der Waals surface area contributed by atoms with Crippen molar-refractivity contribution in [2.45, 2.75) is 31.7 Å². The Labute approximate surface area is 149 Å². The van der Waals surface area contributed by atoms with Gasteiger partial charge in [-0.1, -0.05) is 6.42 Å². The Morgan fingerprint density at radius 2 is 1.94 bits per heavy atom. The van der Waals surface area contributed by atoms with Crippen LogP contribution < -0.4 is 0 Å². The fourth-order valence-corrected chi connectivity index (χ4v) is 2.63. The molecule has 2 heterocycles. The third-order valence-electron chi connectivity index (χ3n) is 3.45. The van der Waals surface area contributed by atoms with E-state index in [9.17, 15) is 4.79 Å². The summed E-state index contributed by atoms with van der Waals surface area (Å²) in [5, 5.41) is 0. The zero-order chi connectivity index (χ0) is 9.80. The van der Waals surface area contributed by atoms with Gasteiger partial charge in [-0.15, -0.1) is 6.42 Å². The van der Waals surface area contributed by atoms with Gasteiger partial charge in [0, 0.05) is 91.1 Å². The van der Waals surface area contributed by atoms with Crippen LogP contribution in [0, 0.1) is 0 Å². The van der Waals surface area contributed by atoms with E-state index in [1.165, 1.54) is 38.9 Å². The van der Waals surface area contributed by atoms with Crippen LogP contribution in [0.1, 0.15) is 25.7 Å². The molecule has 2 fully saturated rings. The normalized spacial score (nSPS) is 26.1. The molecule has 0 aromatic heterocycles. The zero-order valence-electron chi connectivity index (χ0n) is 9.90. The molecule has 16 heavy (non-hydrogen) atoms. The summed E-state index contributed by atoms with van der Waals surface area (Å²) >= 11 is 0. The van der Waals surface area contributed by atoms with Crippen molar-refractivity contribution in [3.63, 3.8) is 0 Å². The first-order valence-corrected chi connectivity index (χ1v) is 5.71. The van der Waals surface area contributed by atoms with E-state index < -0.39 is 0 Å². The molecule has 2 saturated heterocycles. The second-order valence-electron chi connectivity index (χ2n) is 4.38. The van der Waals surface area contributed by atoms with Gasteiger partial charge in [-0.05, 0) is 25.9 Å². The molecule has 0 aromatic carbocycles. The zero-order valence-corrected chi connectivity index (χ0v) is 15.6. The summed E-state index contributed by atoms with van der Waals surface area (Å²) in [6.45, 7) is 5.70. The average molecular weight is 373 g/mol. The topological polar surface area (TPSA) is 23.6 Å². The van der Waals surface area contributed by atoms with Crippen LogP contribution in [-0.4, -0.2) is 54.9 Å². The number of carbonyl (C=O) groups excluding carboxylic acids is 1. The molecule has 3 nitrogen and oxygen atoms in total. The van der Waals surface area contributed by atoms with E-state index in [1.807, 2.05) is 6.29 Å². The Bertz CT molecular complexity index is 204. The molecule has 1 atom stereocenters. The molecule has 2 aliphatic heterocycles. The Morgan fingerprint density at radius 3 is 2.69 bits per heavy atom. The summed E-state index contributed by atoms with van der Waals surface area (Å²) in [5.41, 5.74) is 0. The number of piperidine rings is 1. The maximum Gasteiger partial charge on any atom is 0.0223 e. The van der Waals surface area contributed by atoms with E-state index in [2.05, 4.69) is 9.80 Å². The van der Waals surface area contributed by atoms with Gasteiger partial charge in [0.25, 0.3) is 0 Å². The van der Waals surface area contributed by atoms with E-state index in [-0.39, 0.29) is 65.4 Å². The predicted octanol–water partition coefficient (Wildman–Crippen LogP) is 0.651. The molecule has 0 aromatic rings. The first kappa shape index (κ1) is 17.8. The average Bonchev–Trinajstić information content (AvgIpc) is 2.26. The van der Waals surface area contributed by atoms with Gasteiger partial charge in [-0.3, -0.25) is 11.2 Å². The van der Waals surface area contributed by atoms with Gasteiger partial charge in [-0.2, -0.15) is 0 Å². The second-order valence-corrected chi connectivity index (χ2v) is 4.38. The molecule has 0 saturated carbocycles. The molecule has 1 unspecified atom stereocenters. The first-order valence-electron chi connectivity index (χ1n) is 5.71. The predicted molar refractivity (Wildman–Crippen MR) is 56.0 cm³/mol. The van der Waals surface area contributed by atoms with Gasteiger partial charge in [0.05, 0.1) is 0 Å². The van der Waals surface area contributed by atoms with Gasteiger partial charge >= 0.3 is 0 Å². The van der Waals surface area contributed by atoms with Gasteiger partial charge < -0.3 is 9.69 Å². The molecule has 0 amide bonds. The van der Waals surface area contributed by atoms with Crippen LogP contribution in [-0.2, 0) is 70.2 Å². The van der Waals surface area contributed by atoms with Gasteiger partial charge in [0.1, 0.15) is 0 Å². The number of rotatable bonds is 3. The minimum Gasteiger partial charge on any atom is -0.542 e. The molecule has 2 aliphatic rings. The van der Waals surface area contributed by atoms with Crippen molar-refractivity contribution in [2.75, 3.05) is 32.7 Å². The fraction of sp³-hybridized carbons (Fsp3) is 0.909. The van der Waals surface area contributed by atoms with E-state index in [1.54, 1.807) is 0 Å². The van der Waals surface area contributed by atoms with E-state index >= 15 is 0 Å². The Morgan fingerprint density at radius 1 is 1.12 bits per heavy atom. The van der Waals surface area contributed by atoms with Crippen LogP contribution in [0.2, 0.25) is 0 Å². The van der Waals surface area contributed by atoms with Gasteiger partial charge in [0.15, 0.2) is 0 Å². The number of hydrogen-bond donors (Lipinski definition) is 0. The van der Waals surface area contributed by atoms with Crippen molar-refractivity contribution >= 4 is 6.29 Å². The van der Waals surface area contributed by atoms with Crippen LogP contribution in [0.25, 0.3) is 0 Å². The molecule has 0 aliphatic carbocycles. The van der Waals surface area contributed by atoms with Crippen LogP contribution >= 0.6 is 0 Å². The van der Waals surface area contributed by atoms with Crippen molar-refractivity contribution in [2.24, 2.45) is 0 Å². The van der Waals surface area contributed by atoms with Crippen molar-refractivity contribution < 1.29 is 70.2 Å². The molecule has 86 valence electrons. The first-order chi connectivity index (χ1) is 6.90. The number of hydrogen-bond acceptors (Lipinski definition) is 3. The summed E-state index contributed by atoms with van der Waals surface area (Å²) in [6, 6.07) is 0.768. The molecule has 2 radical (unpaired) electrons. The molecule has 0 N–H and O–H groups in total. The monoisotopic (exact) mass is 373 g/mol. The second kappa shape index (κ2) is 9.69. The van der Waals surface area contributed by atoms with E-state index in [0.29, 0.717) is 6.42 Å². The van der Waals surface area contributed by atoms with Crippen molar-refractivity contribution in [1.29, 1.82) is 0 Å². The van der Waals surface area contributed by atoms with Crippen molar-refractivity contribution in [1.82, 2.24) is 9.80 Å². The summed E-state index contributed by atoms with van der Waals surface area (Å²) in [5.74, 6) is 0. The Kier molecular flexibility index (Phi) is 10.8. The maximum atomic E-state index is 10.2. The summed E-state index contributed by atoms with van der Waals surface area (Å²) < 4.78 is 0. The number of piperazine rings is 1. The standard InChI is InChI=1S/C11H19N2O.2Y/c14-9-3-5-12-7-8-13-6-2-1-4-11(13)10-12;;/h11H,1-8,10H2;;/q-1;;. The maximum absolute atomic E-state index is 10.2. The van der Waals surface area contributed by atoms with Crippen LogP contribution in [0.4, 0.5) is 0 Å². The van der Waals surface area contributed by atoms with Crippen LogP contribution in [0.5, 0.6) is 0 Å². The molecule has 5 heteroatoms. The number of fused-ring (bicyclic) bond motifs is 1. The third kappa shape index (κ3) is 5.20. The molecular weight excluding hydrogens is 354 g/mol. The smallest absolute Gasteiger partial charge is 0.0223 e. The summed E-state index contributed by atoms with van der Waals surface area (Å²) in [6.07, 6.45) is 6.66. The van der Waals surface area contributed by atoms with Crippen molar-refractivity contribution in [3.8, 4) is 0 Å². The minimum atomic E-state index is 0. The van der Waals surface area contributed by atoms with E-state index in [0.717, 1.165) is 19.1 Å². The molecule has 0 bridgehead atoms. The van der Waals surface area contributed by atoms with Gasteiger partial charge in [-0.25, -0.2) is 0 Å². The minimum absolute atomic E-state index is 0. The quantitative estimate of drug-likeness (QED) is 0.679. The largest absolute Gasteiger partial charge is 0.542 e.